The van der Waals surface area contributed by atoms with E-state index in [0.29, 0.717) is 28.4 Å². The number of hydrogen-bond donors (Lipinski definition) is 1. The minimum absolute atomic E-state index is 0.0832. The molecule has 0 bridgehead atoms. The number of halogens is 2. The quantitative estimate of drug-likeness (QED) is 0.243. The molecule has 3 amide bonds. The number of hydrogen-bond acceptors (Lipinski definition) is 7. The third kappa shape index (κ3) is 5.30. The van der Waals surface area contributed by atoms with Crippen molar-refractivity contribution in [1.82, 2.24) is 14.9 Å². The number of imide groups is 1. The number of nitrogens with zero attached hydrogens (tertiary/aromatic N) is 3. The Morgan fingerprint density at radius 3 is 2.65 bits per heavy atom. The smallest absolute Gasteiger partial charge is 0.294 e. The van der Waals surface area contributed by atoms with Gasteiger partial charge in [0, 0.05) is 11.3 Å². The van der Waals surface area contributed by atoms with Crippen LogP contribution < -0.4 is 10.1 Å². The van der Waals surface area contributed by atoms with Gasteiger partial charge in [-0.1, -0.05) is 48.5 Å². The molecule has 1 aliphatic heterocycles. The van der Waals surface area contributed by atoms with Gasteiger partial charge >= 0.3 is 0 Å². The van der Waals surface area contributed by atoms with Crippen LogP contribution in [0.2, 0.25) is 5.28 Å². The maximum atomic E-state index is 14.3. The minimum atomic E-state index is -0.826. The molecule has 0 radical (unpaired) electrons. The lowest BCUT2D eigenvalue weighted by atomic mass is 10.0. The first-order chi connectivity index (χ1) is 17.9. The molecule has 1 aliphatic rings. The molecule has 2 heterocycles. The molecule has 0 saturated carbocycles. The standard InChI is InChI=1S/C26H16ClFN4O4S/c27-25-29-13-19(28)23(31-25)36-20-11-10-15-6-4-5-9-17(15)18(20)12-21-24(34)32(26(35)37-21)14-22(33)30-16-7-2-1-3-8-16/h1-13H,14H2,(H,30,33)/b21-12+. The van der Waals surface area contributed by atoms with E-state index in [0.717, 1.165) is 16.5 Å². The van der Waals surface area contributed by atoms with Crippen molar-refractivity contribution in [2.75, 3.05) is 11.9 Å². The summed E-state index contributed by atoms with van der Waals surface area (Å²) >= 11 is 6.49. The van der Waals surface area contributed by atoms with Crippen molar-refractivity contribution < 1.29 is 23.5 Å². The van der Waals surface area contributed by atoms with Crippen LogP contribution in [0.1, 0.15) is 5.56 Å². The maximum absolute atomic E-state index is 14.3. The van der Waals surface area contributed by atoms with Crippen molar-refractivity contribution in [3.8, 4) is 11.6 Å². The van der Waals surface area contributed by atoms with Crippen LogP contribution in [0.15, 0.2) is 77.8 Å². The summed E-state index contributed by atoms with van der Waals surface area (Å²) in [6, 6.07) is 19.4. The molecule has 8 nitrogen and oxygen atoms in total. The molecule has 184 valence electrons. The Kier molecular flexibility index (Phi) is 6.85. The summed E-state index contributed by atoms with van der Waals surface area (Å²) in [5.41, 5.74) is 0.969. The fraction of sp³-hybridized carbons (Fsp3) is 0.0385. The lowest BCUT2D eigenvalue weighted by Gasteiger charge is -2.13. The summed E-state index contributed by atoms with van der Waals surface area (Å²) in [7, 11) is 0. The van der Waals surface area contributed by atoms with E-state index in [4.69, 9.17) is 16.3 Å². The van der Waals surface area contributed by atoms with Gasteiger partial charge in [-0.3, -0.25) is 19.3 Å². The fourth-order valence-corrected chi connectivity index (χ4v) is 4.60. The molecule has 4 aromatic rings. The van der Waals surface area contributed by atoms with Crippen molar-refractivity contribution in [2.24, 2.45) is 0 Å². The molecule has 1 fully saturated rings. The number of nitrogens with one attached hydrogen (secondary N) is 1. The third-order valence-electron chi connectivity index (χ3n) is 5.33. The van der Waals surface area contributed by atoms with Gasteiger partial charge in [0.15, 0.2) is 0 Å². The van der Waals surface area contributed by atoms with Gasteiger partial charge in [-0.05, 0) is 58.4 Å². The molecular formula is C26H16ClFN4O4S. The first-order valence-electron chi connectivity index (χ1n) is 10.9. The Hall–Kier alpha value is -4.28. The highest BCUT2D eigenvalue weighted by Crippen LogP contribution is 2.38. The second-order valence-electron chi connectivity index (χ2n) is 7.77. The number of thioether (sulfide) groups is 1. The van der Waals surface area contributed by atoms with E-state index in [-0.39, 0.29) is 15.9 Å². The number of aromatic nitrogens is 2. The highest BCUT2D eigenvalue weighted by molar-refractivity contribution is 8.18. The third-order valence-corrected chi connectivity index (χ3v) is 6.42. The van der Waals surface area contributed by atoms with Crippen molar-refractivity contribution >= 4 is 63.0 Å². The van der Waals surface area contributed by atoms with E-state index in [1.54, 1.807) is 54.6 Å². The van der Waals surface area contributed by atoms with Crippen molar-refractivity contribution in [3.63, 3.8) is 0 Å². The van der Waals surface area contributed by atoms with Gasteiger partial charge in [0.2, 0.25) is 17.0 Å². The first kappa shape index (κ1) is 24.4. The highest BCUT2D eigenvalue weighted by atomic mass is 35.5. The van der Waals surface area contributed by atoms with Crippen molar-refractivity contribution in [1.29, 1.82) is 0 Å². The zero-order chi connectivity index (χ0) is 25.9. The van der Waals surface area contributed by atoms with Gasteiger partial charge < -0.3 is 10.1 Å². The van der Waals surface area contributed by atoms with Gasteiger partial charge in [-0.15, -0.1) is 0 Å². The van der Waals surface area contributed by atoms with Crippen LogP contribution in [-0.4, -0.2) is 38.5 Å². The lowest BCUT2D eigenvalue weighted by Crippen LogP contribution is -2.36. The molecule has 0 unspecified atom stereocenters. The number of carbonyl (C=O) groups excluding carboxylic acids is 3. The molecule has 37 heavy (non-hydrogen) atoms. The van der Waals surface area contributed by atoms with Gasteiger partial charge in [0.05, 0.1) is 11.1 Å². The molecule has 1 aromatic heterocycles. The van der Waals surface area contributed by atoms with Crippen LogP contribution in [-0.2, 0) is 9.59 Å². The summed E-state index contributed by atoms with van der Waals surface area (Å²) in [6.45, 7) is -0.444. The molecule has 3 aromatic carbocycles. The number of benzene rings is 3. The largest absolute Gasteiger partial charge is 0.436 e. The first-order valence-corrected chi connectivity index (χ1v) is 12.1. The lowest BCUT2D eigenvalue weighted by molar-refractivity contribution is -0.127. The number of ether oxygens (including phenoxy) is 1. The number of amides is 3. The topological polar surface area (TPSA) is 101 Å². The SMILES string of the molecule is O=C(CN1C(=O)S/C(=C/c2c(Oc3nc(Cl)ncc3F)ccc3ccccc23)C1=O)Nc1ccccc1. The van der Waals surface area contributed by atoms with E-state index in [1.807, 2.05) is 12.1 Å². The van der Waals surface area contributed by atoms with Crippen LogP contribution in [0.3, 0.4) is 0 Å². The highest BCUT2D eigenvalue weighted by Gasteiger charge is 2.36. The zero-order valence-corrected chi connectivity index (χ0v) is 20.4. The molecule has 1 N–H and O–H groups in total. The Morgan fingerprint density at radius 1 is 1.08 bits per heavy atom. The predicted octanol–water partition coefficient (Wildman–Crippen LogP) is 5.89. The van der Waals surface area contributed by atoms with E-state index >= 15 is 0 Å². The molecule has 0 aliphatic carbocycles. The fourth-order valence-electron chi connectivity index (χ4n) is 3.65. The molecular weight excluding hydrogens is 519 g/mol. The summed E-state index contributed by atoms with van der Waals surface area (Å²) in [5.74, 6) is -2.18. The van der Waals surface area contributed by atoms with E-state index in [1.165, 1.54) is 6.08 Å². The predicted molar refractivity (Wildman–Crippen MR) is 139 cm³/mol. The molecule has 5 rings (SSSR count). The molecule has 11 heteroatoms. The monoisotopic (exact) mass is 534 g/mol. The molecule has 1 saturated heterocycles. The van der Waals surface area contributed by atoms with E-state index in [2.05, 4.69) is 15.3 Å². The van der Waals surface area contributed by atoms with Crippen LogP contribution in [0.5, 0.6) is 11.6 Å². The van der Waals surface area contributed by atoms with Gasteiger partial charge in [-0.25, -0.2) is 4.98 Å². The molecule has 0 atom stereocenters. The van der Waals surface area contributed by atoms with Crippen LogP contribution >= 0.6 is 23.4 Å². The average Bonchev–Trinajstić information content (AvgIpc) is 3.15. The number of anilines is 1. The van der Waals surface area contributed by atoms with Gasteiger partial charge in [0.25, 0.3) is 17.0 Å². The number of fused-ring (bicyclic) bond motifs is 1. The van der Waals surface area contributed by atoms with E-state index in [9.17, 15) is 18.8 Å². The van der Waals surface area contributed by atoms with Crippen LogP contribution in [0.4, 0.5) is 14.9 Å². The Balaban J connectivity index is 1.47. The van der Waals surface area contributed by atoms with Gasteiger partial charge in [0.1, 0.15) is 12.3 Å². The van der Waals surface area contributed by atoms with Crippen molar-refractivity contribution in [3.05, 3.63) is 94.5 Å². The Labute approximate surface area is 219 Å². The van der Waals surface area contributed by atoms with E-state index < -0.39 is 35.3 Å². The average molecular weight is 535 g/mol. The summed E-state index contributed by atoms with van der Waals surface area (Å²) in [5, 5.41) is 3.38. The second-order valence-corrected chi connectivity index (χ2v) is 9.11. The zero-order valence-electron chi connectivity index (χ0n) is 18.9. The van der Waals surface area contributed by atoms with Crippen LogP contribution in [0, 0.1) is 5.82 Å². The second kappa shape index (κ2) is 10.4. The van der Waals surface area contributed by atoms with Crippen molar-refractivity contribution in [2.45, 2.75) is 0 Å². The molecule has 0 spiro atoms. The summed E-state index contributed by atoms with van der Waals surface area (Å²) < 4.78 is 20.0. The maximum Gasteiger partial charge on any atom is 0.294 e. The Bertz CT molecular complexity index is 1580. The number of para-hydroxylation sites is 1. The minimum Gasteiger partial charge on any atom is -0.436 e. The Morgan fingerprint density at radius 2 is 1.84 bits per heavy atom. The van der Waals surface area contributed by atoms with Gasteiger partial charge in [-0.2, -0.15) is 9.37 Å². The van der Waals surface area contributed by atoms with Crippen LogP contribution in [0.25, 0.3) is 16.8 Å². The summed E-state index contributed by atoms with van der Waals surface area (Å²) in [6.07, 6.45) is 2.37. The number of rotatable bonds is 6. The number of carbonyl (C=O) groups is 3. The summed E-state index contributed by atoms with van der Waals surface area (Å²) in [4.78, 5) is 46.5. The normalized spacial score (nSPS) is 14.4.